The van der Waals surface area contributed by atoms with Crippen LogP contribution < -0.4 is 0 Å². The van der Waals surface area contributed by atoms with Gasteiger partial charge in [0.2, 0.25) is 9.84 Å². The molecule has 0 fully saturated rings. The fourth-order valence-electron chi connectivity index (χ4n) is 2.56. The van der Waals surface area contributed by atoms with Crippen LogP contribution in [0.25, 0.3) is 0 Å². The van der Waals surface area contributed by atoms with Crippen molar-refractivity contribution >= 4 is 15.5 Å². The molecule has 0 bridgehead atoms. The van der Waals surface area contributed by atoms with Gasteiger partial charge in [-0.2, -0.15) is 0 Å². The zero-order valence-electron chi connectivity index (χ0n) is 14.2. The van der Waals surface area contributed by atoms with Crippen LogP contribution in [0.3, 0.4) is 0 Å². The first kappa shape index (κ1) is 18.1. The second kappa shape index (κ2) is 8.06. The molecular weight excluding hydrogens is 318 g/mol. The molecule has 0 amide bonds. The molecule has 24 heavy (non-hydrogen) atoms. The Bertz CT molecular complexity index is 826. The molecule has 1 aliphatic rings. The molecule has 0 saturated heterocycles. The fraction of sp³-hybridized carbons (Fsp3) is 0.250. The zero-order valence-corrected chi connectivity index (χ0v) is 15.0. The standard InChI is InChI=1S/C20H23NO2S/c1-4-17(18-11-7-5-8-12-18)15-20(21-3)16(2)24(22,23)19-13-9-6-10-14-19/h6-7,9-15H,2,4-5,8H2,1,3H3/b17-15+,21-20?. The highest BCUT2D eigenvalue weighted by molar-refractivity contribution is 7.96. The predicted molar refractivity (Wildman–Crippen MR) is 101 cm³/mol. The van der Waals surface area contributed by atoms with E-state index >= 15 is 0 Å². The lowest BCUT2D eigenvalue weighted by molar-refractivity contribution is 0.603. The second-order valence-electron chi connectivity index (χ2n) is 5.51. The summed E-state index contributed by atoms with van der Waals surface area (Å²) >= 11 is 0. The Morgan fingerprint density at radius 1 is 1.25 bits per heavy atom. The Morgan fingerprint density at radius 2 is 1.96 bits per heavy atom. The van der Waals surface area contributed by atoms with E-state index in [9.17, 15) is 8.42 Å². The summed E-state index contributed by atoms with van der Waals surface area (Å²) in [6.07, 6.45) is 11.1. The average Bonchev–Trinajstić information content (AvgIpc) is 2.63. The molecule has 126 valence electrons. The highest BCUT2D eigenvalue weighted by atomic mass is 32.2. The van der Waals surface area contributed by atoms with Crippen molar-refractivity contribution in [3.8, 4) is 0 Å². The van der Waals surface area contributed by atoms with Crippen molar-refractivity contribution in [1.82, 2.24) is 0 Å². The molecule has 0 spiro atoms. The highest BCUT2D eigenvalue weighted by Crippen LogP contribution is 2.24. The van der Waals surface area contributed by atoms with E-state index < -0.39 is 9.84 Å². The summed E-state index contributed by atoms with van der Waals surface area (Å²) in [4.78, 5) is 4.44. The highest BCUT2D eigenvalue weighted by Gasteiger charge is 2.22. The number of allylic oxidation sites excluding steroid dienone is 7. The van der Waals surface area contributed by atoms with Gasteiger partial charge >= 0.3 is 0 Å². The Kier molecular flexibility index (Phi) is 6.10. The van der Waals surface area contributed by atoms with Gasteiger partial charge in [0.25, 0.3) is 0 Å². The van der Waals surface area contributed by atoms with Crippen molar-refractivity contribution in [1.29, 1.82) is 0 Å². The van der Waals surface area contributed by atoms with Gasteiger partial charge in [0.1, 0.15) is 0 Å². The van der Waals surface area contributed by atoms with Gasteiger partial charge in [-0.15, -0.1) is 0 Å². The second-order valence-corrected chi connectivity index (χ2v) is 7.48. The third kappa shape index (κ3) is 4.01. The van der Waals surface area contributed by atoms with E-state index in [1.807, 2.05) is 6.08 Å². The van der Waals surface area contributed by atoms with E-state index in [1.165, 1.54) is 0 Å². The summed E-state index contributed by atoms with van der Waals surface area (Å²) in [6.45, 7) is 5.86. The minimum absolute atomic E-state index is 0.0301. The van der Waals surface area contributed by atoms with Crippen LogP contribution in [0.1, 0.15) is 26.2 Å². The molecule has 0 N–H and O–H groups in total. The number of benzene rings is 1. The lowest BCUT2D eigenvalue weighted by atomic mass is 9.96. The smallest absolute Gasteiger partial charge is 0.208 e. The van der Waals surface area contributed by atoms with E-state index in [-0.39, 0.29) is 9.80 Å². The largest absolute Gasteiger partial charge is 0.287 e. The molecule has 0 saturated carbocycles. The molecule has 0 unspecified atom stereocenters. The van der Waals surface area contributed by atoms with E-state index in [4.69, 9.17) is 0 Å². The van der Waals surface area contributed by atoms with Gasteiger partial charge in [0, 0.05) is 7.05 Å². The minimum atomic E-state index is -3.64. The van der Waals surface area contributed by atoms with Crippen molar-refractivity contribution in [3.05, 3.63) is 77.3 Å². The molecule has 0 atom stereocenters. The first-order valence-electron chi connectivity index (χ1n) is 8.04. The van der Waals surface area contributed by atoms with Gasteiger partial charge < -0.3 is 0 Å². The summed E-state index contributed by atoms with van der Waals surface area (Å²) in [7, 11) is -2.05. The summed E-state index contributed by atoms with van der Waals surface area (Å²) in [5.74, 6) is 0. The molecule has 1 aromatic carbocycles. The maximum atomic E-state index is 12.7. The van der Waals surface area contributed by atoms with Gasteiger partial charge in [-0.25, -0.2) is 8.42 Å². The van der Waals surface area contributed by atoms with E-state index in [2.05, 4.69) is 36.7 Å². The van der Waals surface area contributed by atoms with Crippen LogP contribution >= 0.6 is 0 Å². The van der Waals surface area contributed by atoms with Crippen LogP contribution in [-0.4, -0.2) is 21.2 Å². The SMILES string of the molecule is C=C(C(/C=C(\CC)C1=CCCC=C1)=NC)S(=O)(=O)c1ccccc1. The van der Waals surface area contributed by atoms with Crippen molar-refractivity contribution < 1.29 is 8.42 Å². The van der Waals surface area contributed by atoms with Gasteiger partial charge in [-0.05, 0) is 48.6 Å². The van der Waals surface area contributed by atoms with Gasteiger partial charge in [-0.3, -0.25) is 4.99 Å². The van der Waals surface area contributed by atoms with E-state index in [0.717, 1.165) is 30.4 Å². The van der Waals surface area contributed by atoms with Crippen LogP contribution in [0, 0.1) is 0 Å². The third-order valence-corrected chi connectivity index (χ3v) is 5.71. The molecule has 0 aliphatic heterocycles. The fourth-order valence-corrected chi connectivity index (χ4v) is 3.78. The molecule has 3 nitrogen and oxygen atoms in total. The van der Waals surface area contributed by atoms with Crippen LogP contribution in [-0.2, 0) is 9.84 Å². The topological polar surface area (TPSA) is 46.5 Å². The van der Waals surface area contributed by atoms with E-state index in [1.54, 1.807) is 37.4 Å². The summed E-state index contributed by atoms with van der Waals surface area (Å²) in [6, 6.07) is 8.34. The van der Waals surface area contributed by atoms with Gasteiger partial charge in [0.15, 0.2) is 0 Å². The van der Waals surface area contributed by atoms with Crippen molar-refractivity contribution in [2.24, 2.45) is 4.99 Å². The Labute approximate surface area is 144 Å². The Hall–Kier alpha value is -2.20. The molecule has 2 rings (SSSR count). The number of hydrogen-bond donors (Lipinski definition) is 0. The maximum absolute atomic E-state index is 12.7. The lowest BCUT2D eigenvalue weighted by Crippen LogP contribution is -2.12. The number of hydrogen-bond acceptors (Lipinski definition) is 3. The Morgan fingerprint density at radius 3 is 2.50 bits per heavy atom. The summed E-state index contributed by atoms with van der Waals surface area (Å²) in [5, 5.41) is 0. The monoisotopic (exact) mass is 341 g/mol. The minimum Gasteiger partial charge on any atom is -0.287 e. The van der Waals surface area contributed by atoms with Gasteiger partial charge in [-0.1, -0.05) is 49.9 Å². The van der Waals surface area contributed by atoms with Crippen molar-refractivity contribution in [2.75, 3.05) is 7.05 Å². The first-order chi connectivity index (χ1) is 11.5. The number of rotatable bonds is 6. The quantitative estimate of drug-likeness (QED) is 0.707. The van der Waals surface area contributed by atoms with Crippen molar-refractivity contribution in [3.63, 3.8) is 0 Å². The first-order valence-corrected chi connectivity index (χ1v) is 9.52. The van der Waals surface area contributed by atoms with Crippen LogP contribution in [0.15, 0.2) is 87.2 Å². The molecule has 4 heteroatoms. The molecule has 0 radical (unpaired) electrons. The molecule has 0 heterocycles. The zero-order chi connectivity index (χ0) is 17.6. The maximum Gasteiger partial charge on any atom is 0.208 e. The Balaban J connectivity index is 2.38. The summed E-state index contributed by atoms with van der Waals surface area (Å²) in [5.41, 5.74) is 2.60. The predicted octanol–water partition coefficient (Wildman–Crippen LogP) is 4.66. The molecular formula is C20H23NO2S. The van der Waals surface area contributed by atoms with E-state index in [0.29, 0.717) is 5.71 Å². The molecule has 1 aromatic rings. The third-order valence-electron chi connectivity index (χ3n) is 3.96. The molecule has 0 aromatic heterocycles. The van der Waals surface area contributed by atoms with Gasteiger partial charge in [0.05, 0.1) is 15.5 Å². The average molecular weight is 341 g/mol. The van der Waals surface area contributed by atoms with Crippen LogP contribution in [0.2, 0.25) is 0 Å². The normalized spacial score (nSPS) is 16.0. The number of nitrogens with zero attached hydrogens (tertiary/aromatic N) is 1. The summed E-state index contributed by atoms with van der Waals surface area (Å²) < 4.78 is 25.5. The van der Waals surface area contributed by atoms with Crippen molar-refractivity contribution in [2.45, 2.75) is 31.1 Å². The van der Waals surface area contributed by atoms with Crippen LogP contribution in [0.4, 0.5) is 0 Å². The van der Waals surface area contributed by atoms with Crippen LogP contribution in [0.5, 0.6) is 0 Å². The molecule has 1 aliphatic carbocycles. The lowest BCUT2D eigenvalue weighted by Gasteiger charge is -2.13. The number of aliphatic imine (C=N–C) groups is 1. The number of sulfone groups is 1.